The molecule has 0 amide bonds. The lowest BCUT2D eigenvalue weighted by Crippen LogP contribution is -2.42. The minimum Gasteiger partial charge on any atom is -0.486 e. The molecule has 0 radical (unpaired) electrons. The van der Waals surface area contributed by atoms with E-state index in [1.165, 1.54) is 10.9 Å². The first-order valence-electron chi connectivity index (χ1n) is 9.03. The Balaban J connectivity index is 1.92. The Kier molecular flexibility index (Phi) is 8.34. The largest absolute Gasteiger partial charge is 0.486 e. The van der Waals surface area contributed by atoms with E-state index in [0.29, 0.717) is 19.0 Å². The van der Waals surface area contributed by atoms with Crippen molar-refractivity contribution in [3.8, 4) is 5.75 Å². The van der Waals surface area contributed by atoms with Crippen LogP contribution < -0.4 is 15.4 Å². The minimum atomic E-state index is -0.345. The van der Waals surface area contributed by atoms with Gasteiger partial charge < -0.3 is 15.4 Å². The summed E-state index contributed by atoms with van der Waals surface area (Å²) in [6.07, 6.45) is 3.51. The normalized spacial score (nSPS) is 12.7. The summed E-state index contributed by atoms with van der Waals surface area (Å²) in [5.74, 6) is 0.635. The minimum absolute atomic E-state index is 0.151. The number of hydrogen-bond donors (Lipinski definition) is 2. The van der Waals surface area contributed by atoms with Crippen molar-refractivity contribution in [1.82, 2.24) is 15.6 Å². The van der Waals surface area contributed by atoms with Crippen molar-refractivity contribution in [2.45, 2.75) is 46.3 Å². The second kappa shape index (κ2) is 10.8. The van der Waals surface area contributed by atoms with Crippen LogP contribution in [0.4, 0.5) is 4.39 Å². The highest BCUT2D eigenvalue weighted by atomic mass is 32.1. The van der Waals surface area contributed by atoms with Gasteiger partial charge in [0.15, 0.2) is 17.5 Å². The van der Waals surface area contributed by atoms with E-state index < -0.39 is 0 Å². The van der Waals surface area contributed by atoms with Crippen molar-refractivity contribution in [3.05, 3.63) is 46.2 Å². The van der Waals surface area contributed by atoms with Crippen LogP contribution in [0.2, 0.25) is 0 Å². The Hall–Kier alpha value is -2.15. The van der Waals surface area contributed by atoms with Crippen LogP contribution in [-0.2, 0) is 13.0 Å². The average molecular weight is 379 g/mol. The van der Waals surface area contributed by atoms with Gasteiger partial charge in [0, 0.05) is 17.6 Å². The number of para-hydroxylation sites is 1. The van der Waals surface area contributed by atoms with Gasteiger partial charge in [-0.2, -0.15) is 0 Å². The summed E-state index contributed by atoms with van der Waals surface area (Å²) in [5.41, 5.74) is 0. The van der Waals surface area contributed by atoms with E-state index in [-0.39, 0.29) is 17.7 Å². The molecule has 0 aliphatic heterocycles. The van der Waals surface area contributed by atoms with E-state index in [9.17, 15) is 4.39 Å². The summed E-state index contributed by atoms with van der Waals surface area (Å²) in [6, 6.07) is 6.47. The molecule has 2 N–H and O–H groups in total. The van der Waals surface area contributed by atoms with Gasteiger partial charge in [-0.25, -0.2) is 14.4 Å². The molecule has 0 aliphatic rings. The number of halogens is 1. The second-order valence-corrected chi connectivity index (χ2v) is 6.93. The molecule has 0 aliphatic carbocycles. The average Bonchev–Trinajstić information content (AvgIpc) is 3.12. The summed E-state index contributed by atoms with van der Waals surface area (Å²) in [6.45, 7) is 7.98. The molecule has 1 atom stereocenters. The Morgan fingerprint density at radius 2 is 2.08 bits per heavy atom. The van der Waals surface area contributed by atoms with Gasteiger partial charge in [0.1, 0.15) is 11.1 Å². The zero-order chi connectivity index (χ0) is 18.8. The van der Waals surface area contributed by atoms with E-state index in [1.807, 2.05) is 20.0 Å². The smallest absolute Gasteiger partial charge is 0.191 e. The summed E-state index contributed by atoms with van der Waals surface area (Å²) < 4.78 is 19.5. The van der Waals surface area contributed by atoms with Crippen molar-refractivity contribution >= 4 is 17.3 Å². The Morgan fingerprint density at radius 1 is 1.27 bits per heavy atom. The highest BCUT2D eigenvalue weighted by Crippen LogP contribution is 2.18. The third-order valence-electron chi connectivity index (χ3n) is 3.75. The maximum Gasteiger partial charge on any atom is 0.191 e. The van der Waals surface area contributed by atoms with Crippen LogP contribution in [0.5, 0.6) is 5.75 Å². The van der Waals surface area contributed by atoms with Crippen molar-refractivity contribution in [1.29, 1.82) is 0 Å². The molecule has 1 aromatic heterocycles. The molecule has 0 spiro atoms. The van der Waals surface area contributed by atoms with E-state index >= 15 is 0 Å². The standard InChI is InChI=1S/C19H27FN4OS/c1-4-14(25-17-10-8-7-9-16(17)20)11-23-19(21-6-3)24-13-18-22-12-15(5-2)26-18/h7-10,12,14H,4-6,11,13H2,1-3H3,(H2,21,23,24). The van der Waals surface area contributed by atoms with Crippen molar-refractivity contribution in [3.63, 3.8) is 0 Å². The first-order valence-corrected chi connectivity index (χ1v) is 9.84. The first kappa shape index (κ1) is 20.2. The van der Waals surface area contributed by atoms with Gasteiger partial charge in [0.2, 0.25) is 0 Å². The third-order valence-corrected chi connectivity index (χ3v) is 4.88. The predicted octanol–water partition coefficient (Wildman–Crippen LogP) is 3.76. The number of aliphatic imine (C=N–C) groups is 1. The lowest BCUT2D eigenvalue weighted by atomic mass is 10.2. The number of nitrogens with zero attached hydrogens (tertiary/aromatic N) is 2. The molecular weight excluding hydrogens is 351 g/mol. The van der Waals surface area contributed by atoms with Gasteiger partial charge in [-0.05, 0) is 31.9 Å². The van der Waals surface area contributed by atoms with Crippen molar-refractivity contribution in [2.24, 2.45) is 4.99 Å². The number of rotatable bonds is 9. The van der Waals surface area contributed by atoms with Gasteiger partial charge >= 0.3 is 0 Å². The highest BCUT2D eigenvalue weighted by Gasteiger charge is 2.12. The fourth-order valence-corrected chi connectivity index (χ4v) is 3.06. The first-order chi connectivity index (χ1) is 12.7. The van der Waals surface area contributed by atoms with E-state index in [2.05, 4.69) is 27.5 Å². The topological polar surface area (TPSA) is 58.5 Å². The van der Waals surface area contributed by atoms with Crippen LogP contribution in [-0.4, -0.2) is 30.1 Å². The van der Waals surface area contributed by atoms with Gasteiger partial charge in [-0.1, -0.05) is 26.0 Å². The van der Waals surface area contributed by atoms with Gasteiger partial charge in [0.05, 0.1) is 13.1 Å². The zero-order valence-electron chi connectivity index (χ0n) is 15.6. The van der Waals surface area contributed by atoms with Crippen LogP contribution in [0, 0.1) is 5.82 Å². The molecule has 1 aromatic carbocycles. The fourth-order valence-electron chi connectivity index (χ4n) is 2.27. The lowest BCUT2D eigenvalue weighted by molar-refractivity contribution is 0.191. The van der Waals surface area contributed by atoms with Crippen molar-refractivity contribution in [2.75, 3.05) is 13.1 Å². The van der Waals surface area contributed by atoms with Gasteiger partial charge in [-0.3, -0.25) is 0 Å². The second-order valence-electron chi connectivity index (χ2n) is 5.73. The van der Waals surface area contributed by atoms with Crippen LogP contribution >= 0.6 is 11.3 Å². The zero-order valence-corrected chi connectivity index (χ0v) is 16.4. The molecule has 0 saturated heterocycles. The number of hydrogen-bond acceptors (Lipinski definition) is 4. The number of benzene rings is 1. The Morgan fingerprint density at radius 3 is 2.73 bits per heavy atom. The maximum atomic E-state index is 13.8. The van der Waals surface area contributed by atoms with Gasteiger partial charge in [0.25, 0.3) is 0 Å². The Labute approximate surface area is 158 Å². The molecule has 1 unspecified atom stereocenters. The lowest BCUT2D eigenvalue weighted by Gasteiger charge is -2.20. The molecule has 26 heavy (non-hydrogen) atoms. The molecule has 5 nitrogen and oxygen atoms in total. The summed E-state index contributed by atoms with van der Waals surface area (Å²) >= 11 is 1.69. The molecule has 0 saturated carbocycles. The van der Waals surface area contributed by atoms with Crippen LogP contribution in [0.25, 0.3) is 0 Å². The molecule has 0 bridgehead atoms. The van der Waals surface area contributed by atoms with E-state index in [4.69, 9.17) is 4.74 Å². The van der Waals surface area contributed by atoms with Crippen LogP contribution in [0.3, 0.4) is 0 Å². The number of aryl methyl sites for hydroxylation is 1. The fraction of sp³-hybridized carbons (Fsp3) is 0.474. The molecule has 1 heterocycles. The predicted molar refractivity (Wildman–Crippen MR) is 105 cm³/mol. The van der Waals surface area contributed by atoms with Crippen LogP contribution in [0.1, 0.15) is 37.1 Å². The summed E-state index contributed by atoms with van der Waals surface area (Å²) in [4.78, 5) is 10.2. The summed E-state index contributed by atoms with van der Waals surface area (Å²) in [7, 11) is 0. The van der Waals surface area contributed by atoms with Crippen molar-refractivity contribution < 1.29 is 9.13 Å². The number of thiazole rings is 1. The summed E-state index contributed by atoms with van der Waals surface area (Å²) in [5, 5.41) is 7.48. The molecule has 142 valence electrons. The quantitative estimate of drug-likeness (QED) is 0.515. The number of nitrogens with one attached hydrogen (secondary N) is 2. The molecule has 2 aromatic rings. The number of aromatic nitrogens is 1. The molecule has 7 heteroatoms. The molecular formula is C19H27FN4OS. The van der Waals surface area contributed by atoms with E-state index in [1.54, 1.807) is 29.5 Å². The Bertz CT molecular complexity index is 704. The molecule has 2 rings (SSSR count). The third kappa shape index (κ3) is 6.29. The van der Waals surface area contributed by atoms with E-state index in [0.717, 1.165) is 24.4 Å². The number of guanidine groups is 1. The number of ether oxygens (including phenoxy) is 1. The van der Waals surface area contributed by atoms with Gasteiger partial charge in [-0.15, -0.1) is 11.3 Å². The van der Waals surface area contributed by atoms with Crippen LogP contribution in [0.15, 0.2) is 35.5 Å². The monoisotopic (exact) mass is 378 g/mol. The maximum absolute atomic E-state index is 13.8. The highest BCUT2D eigenvalue weighted by molar-refractivity contribution is 7.11. The SMILES string of the molecule is CCNC(=NCc1ncc(CC)s1)NCC(CC)Oc1ccccc1F. The molecule has 0 fully saturated rings.